The van der Waals surface area contributed by atoms with Crippen LogP contribution < -0.4 is 14.7 Å². The normalized spacial score (nSPS) is 18.5. The molecule has 0 atom stereocenters. The summed E-state index contributed by atoms with van der Waals surface area (Å²) in [5.41, 5.74) is -0.326. The molecule has 2 aromatic heterocycles. The molecule has 0 saturated carbocycles. The molecule has 0 unspecified atom stereocenters. The number of nitrogens with zero attached hydrogens (tertiary/aromatic N) is 6. The zero-order valence-corrected chi connectivity index (χ0v) is 15.3. The van der Waals surface area contributed by atoms with Crippen LogP contribution in [0, 0.1) is 0 Å². The molecular weight excluding hydrogens is 373 g/mol. The van der Waals surface area contributed by atoms with Crippen LogP contribution in [0.2, 0.25) is 0 Å². The molecule has 2 aliphatic heterocycles. The van der Waals surface area contributed by atoms with E-state index in [0.717, 1.165) is 30.8 Å². The van der Waals surface area contributed by atoms with Crippen LogP contribution in [0.5, 0.6) is 0 Å². The number of anilines is 3. The molecule has 7 nitrogen and oxygen atoms in total. The Labute approximate surface area is 160 Å². The van der Waals surface area contributed by atoms with Crippen molar-refractivity contribution < 1.29 is 17.9 Å². The van der Waals surface area contributed by atoms with Gasteiger partial charge in [-0.1, -0.05) is 0 Å². The maximum absolute atomic E-state index is 12.9. The maximum Gasteiger partial charge on any atom is 0.433 e. The Morgan fingerprint density at radius 3 is 1.93 bits per heavy atom. The molecular formula is C18H21F3N6O. The third-order valence-electron chi connectivity index (χ3n) is 4.97. The predicted octanol–water partition coefficient (Wildman–Crippen LogP) is 2.05. The fourth-order valence-corrected chi connectivity index (χ4v) is 3.41. The third kappa shape index (κ3) is 4.11. The van der Waals surface area contributed by atoms with E-state index in [0.29, 0.717) is 45.1 Å². The number of hydrogen-bond acceptors (Lipinski definition) is 7. The van der Waals surface area contributed by atoms with E-state index in [4.69, 9.17) is 4.74 Å². The molecule has 28 heavy (non-hydrogen) atoms. The molecule has 0 spiro atoms. The highest BCUT2D eigenvalue weighted by molar-refractivity contribution is 5.51. The van der Waals surface area contributed by atoms with Gasteiger partial charge in [0.25, 0.3) is 0 Å². The van der Waals surface area contributed by atoms with E-state index in [2.05, 4.69) is 25.0 Å². The lowest BCUT2D eigenvalue weighted by Crippen LogP contribution is -2.47. The molecule has 4 rings (SSSR count). The first kappa shape index (κ1) is 18.7. The minimum absolute atomic E-state index is 0.538. The molecule has 0 amide bonds. The van der Waals surface area contributed by atoms with Gasteiger partial charge in [0.05, 0.1) is 13.2 Å². The number of rotatable bonds is 3. The summed E-state index contributed by atoms with van der Waals surface area (Å²) in [5.74, 6) is 1.62. The van der Waals surface area contributed by atoms with Crippen molar-refractivity contribution in [2.75, 3.05) is 67.2 Å². The Balaban J connectivity index is 1.37. The summed E-state index contributed by atoms with van der Waals surface area (Å²) in [7, 11) is 0. The van der Waals surface area contributed by atoms with Crippen molar-refractivity contribution in [1.82, 2.24) is 15.2 Å². The van der Waals surface area contributed by atoms with E-state index in [-0.39, 0.29) is 0 Å². The fourth-order valence-electron chi connectivity index (χ4n) is 3.41. The van der Waals surface area contributed by atoms with Crippen molar-refractivity contribution in [3.05, 3.63) is 36.2 Å². The van der Waals surface area contributed by atoms with Gasteiger partial charge in [-0.3, -0.25) is 4.98 Å². The number of halogens is 3. The van der Waals surface area contributed by atoms with Gasteiger partial charge in [0.15, 0.2) is 11.6 Å². The molecule has 4 heterocycles. The molecule has 150 valence electrons. The minimum Gasteiger partial charge on any atom is -0.378 e. The average Bonchev–Trinajstić information content (AvgIpc) is 2.74. The van der Waals surface area contributed by atoms with E-state index in [1.165, 1.54) is 6.20 Å². The van der Waals surface area contributed by atoms with Crippen LogP contribution in [0.4, 0.5) is 30.5 Å². The molecule has 2 aromatic rings. The summed E-state index contributed by atoms with van der Waals surface area (Å²) < 4.78 is 44.0. The summed E-state index contributed by atoms with van der Waals surface area (Å²) in [6, 6.07) is 6.62. The van der Waals surface area contributed by atoms with Crippen LogP contribution in [-0.2, 0) is 10.9 Å². The molecule has 0 N–H and O–H groups in total. The van der Waals surface area contributed by atoms with Crippen LogP contribution in [0.15, 0.2) is 30.5 Å². The minimum atomic E-state index is -4.43. The molecule has 0 radical (unpaired) electrons. The van der Waals surface area contributed by atoms with Gasteiger partial charge >= 0.3 is 6.18 Å². The predicted molar refractivity (Wildman–Crippen MR) is 98.7 cm³/mol. The zero-order chi connectivity index (χ0) is 19.6. The quantitative estimate of drug-likeness (QED) is 0.790. The molecule has 0 aromatic carbocycles. The van der Waals surface area contributed by atoms with Crippen molar-refractivity contribution in [3.63, 3.8) is 0 Å². The Hall–Kier alpha value is -2.62. The van der Waals surface area contributed by atoms with Crippen LogP contribution in [-0.4, -0.2) is 67.7 Å². The Kier molecular flexibility index (Phi) is 5.21. The lowest BCUT2D eigenvalue weighted by molar-refractivity contribution is -0.141. The largest absolute Gasteiger partial charge is 0.433 e. The standard InChI is InChI=1S/C18H21F3N6O/c19-18(20,21)15-13-14(3-4-22-15)25-5-7-26(8-6-25)16-1-2-17(24-23-16)27-9-11-28-12-10-27/h1-4,13H,5-12H2. The molecule has 2 fully saturated rings. The fraction of sp³-hybridized carbons (Fsp3) is 0.500. The summed E-state index contributed by atoms with van der Waals surface area (Å²) in [4.78, 5) is 9.59. The Morgan fingerprint density at radius 2 is 1.36 bits per heavy atom. The number of piperazine rings is 1. The van der Waals surface area contributed by atoms with E-state index >= 15 is 0 Å². The number of ether oxygens (including phenoxy) is 1. The topological polar surface area (TPSA) is 57.6 Å². The van der Waals surface area contributed by atoms with Gasteiger partial charge in [-0.15, -0.1) is 10.2 Å². The molecule has 0 aliphatic carbocycles. The van der Waals surface area contributed by atoms with Crippen molar-refractivity contribution in [2.45, 2.75) is 6.18 Å². The number of alkyl halides is 3. The lowest BCUT2D eigenvalue weighted by atomic mass is 10.2. The summed E-state index contributed by atoms with van der Waals surface area (Å²) in [6.45, 7) is 5.52. The van der Waals surface area contributed by atoms with Crippen molar-refractivity contribution in [2.24, 2.45) is 0 Å². The van der Waals surface area contributed by atoms with Crippen molar-refractivity contribution in [1.29, 1.82) is 0 Å². The first-order chi connectivity index (χ1) is 13.5. The Bertz CT molecular complexity index is 787. The zero-order valence-electron chi connectivity index (χ0n) is 15.3. The van der Waals surface area contributed by atoms with Crippen LogP contribution in [0.25, 0.3) is 0 Å². The molecule has 2 aliphatic rings. The second-order valence-electron chi connectivity index (χ2n) is 6.72. The summed E-state index contributed by atoms with van der Waals surface area (Å²) in [5, 5.41) is 8.66. The van der Waals surface area contributed by atoms with Crippen LogP contribution in [0.1, 0.15) is 5.69 Å². The first-order valence-electron chi connectivity index (χ1n) is 9.20. The number of aromatic nitrogens is 3. The summed E-state index contributed by atoms with van der Waals surface area (Å²) >= 11 is 0. The second-order valence-corrected chi connectivity index (χ2v) is 6.72. The Morgan fingerprint density at radius 1 is 0.786 bits per heavy atom. The second kappa shape index (κ2) is 7.78. The van der Waals surface area contributed by atoms with E-state index < -0.39 is 11.9 Å². The maximum atomic E-state index is 12.9. The third-order valence-corrected chi connectivity index (χ3v) is 4.97. The smallest absolute Gasteiger partial charge is 0.378 e. The van der Waals surface area contributed by atoms with Gasteiger partial charge < -0.3 is 19.4 Å². The van der Waals surface area contributed by atoms with Crippen LogP contribution in [0.3, 0.4) is 0 Å². The van der Waals surface area contributed by atoms with Gasteiger partial charge in [-0.25, -0.2) is 0 Å². The highest BCUT2D eigenvalue weighted by Crippen LogP contribution is 2.30. The van der Waals surface area contributed by atoms with Gasteiger partial charge in [-0.05, 0) is 24.3 Å². The van der Waals surface area contributed by atoms with E-state index in [1.807, 2.05) is 17.0 Å². The number of pyridine rings is 1. The monoisotopic (exact) mass is 394 g/mol. The van der Waals surface area contributed by atoms with E-state index in [9.17, 15) is 13.2 Å². The number of morpholine rings is 1. The van der Waals surface area contributed by atoms with Gasteiger partial charge in [0.1, 0.15) is 5.69 Å². The number of hydrogen-bond donors (Lipinski definition) is 0. The van der Waals surface area contributed by atoms with Gasteiger partial charge in [0.2, 0.25) is 0 Å². The first-order valence-corrected chi connectivity index (χ1v) is 9.20. The highest BCUT2D eigenvalue weighted by Gasteiger charge is 2.33. The van der Waals surface area contributed by atoms with Crippen molar-refractivity contribution in [3.8, 4) is 0 Å². The van der Waals surface area contributed by atoms with Crippen molar-refractivity contribution >= 4 is 17.3 Å². The molecule has 10 heteroatoms. The lowest BCUT2D eigenvalue weighted by Gasteiger charge is -2.36. The average molecular weight is 394 g/mol. The SMILES string of the molecule is FC(F)(F)c1cc(N2CCN(c3ccc(N4CCOCC4)nn3)CC2)ccn1. The van der Waals surface area contributed by atoms with Gasteiger partial charge in [-0.2, -0.15) is 13.2 Å². The summed E-state index contributed by atoms with van der Waals surface area (Å²) in [6.07, 6.45) is -3.23. The van der Waals surface area contributed by atoms with Gasteiger partial charge in [0, 0.05) is 51.2 Å². The van der Waals surface area contributed by atoms with Crippen LogP contribution >= 0.6 is 0 Å². The van der Waals surface area contributed by atoms with E-state index in [1.54, 1.807) is 6.07 Å². The highest BCUT2D eigenvalue weighted by atomic mass is 19.4. The molecule has 2 saturated heterocycles. The molecule has 0 bridgehead atoms.